The molecule has 236 valence electrons. The van der Waals surface area contributed by atoms with Crippen LogP contribution in [0.4, 0.5) is 13.2 Å². The number of aromatic nitrogens is 2. The first kappa shape index (κ1) is 31.3. The normalized spacial score (nSPS) is 16.2. The minimum absolute atomic E-state index is 0.00141. The lowest BCUT2D eigenvalue weighted by atomic mass is 10.1. The van der Waals surface area contributed by atoms with Crippen LogP contribution in [0.1, 0.15) is 28.0 Å². The average molecular weight is 626 g/mol. The summed E-state index contributed by atoms with van der Waals surface area (Å²) in [4.78, 5) is 47.8. The van der Waals surface area contributed by atoms with E-state index >= 15 is 0 Å². The Hall–Kier alpha value is -5.11. The number of likely N-dealkylation sites (tertiary alicyclic amines) is 1. The summed E-state index contributed by atoms with van der Waals surface area (Å²) in [5.41, 5.74) is 2.21. The largest absolute Gasteiger partial charge is 0.496 e. The van der Waals surface area contributed by atoms with Crippen molar-refractivity contribution in [1.82, 2.24) is 25.5 Å². The van der Waals surface area contributed by atoms with E-state index in [1.807, 2.05) is 6.07 Å². The minimum Gasteiger partial charge on any atom is -0.496 e. The molecule has 2 aromatic heterocycles. The maximum absolute atomic E-state index is 14.3. The van der Waals surface area contributed by atoms with Crippen LogP contribution in [0.15, 0.2) is 60.9 Å². The van der Waals surface area contributed by atoms with Gasteiger partial charge in [0.25, 0.3) is 5.91 Å². The van der Waals surface area contributed by atoms with Gasteiger partial charge >= 0.3 is 6.61 Å². The van der Waals surface area contributed by atoms with Gasteiger partial charge in [-0.15, -0.1) is 0 Å². The highest BCUT2D eigenvalue weighted by Gasteiger charge is 2.41. The second-order valence-electron chi connectivity index (χ2n) is 10.4. The monoisotopic (exact) mass is 625 g/mol. The molecule has 45 heavy (non-hydrogen) atoms. The van der Waals surface area contributed by atoms with Crippen LogP contribution in [0, 0.1) is 12.7 Å². The number of rotatable bonds is 11. The quantitative estimate of drug-likeness (QED) is 0.229. The molecule has 1 aliphatic heterocycles. The molecule has 5 rings (SSSR count). The Labute approximate surface area is 255 Å². The molecular formula is C31H30F3N5O6. The molecule has 0 unspecified atom stereocenters. The van der Waals surface area contributed by atoms with E-state index in [1.165, 1.54) is 37.4 Å². The number of hydrogen-bond donors (Lipinski definition) is 3. The zero-order valence-corrected chi connectivity index (χ0v) is 24.3. The Kier molecular flexibility index (Phi) is 9.52. The van der Waals surface area contributed by atoms with Crippen molar-refractivity contribution in [3.63, 3.8) is 0 Å². The fraction of sp³-hybridized carbons (Fsp3) is 0.290. The van der Waals surface area contributed by atoms with E-state index in [1.54, 1.807) is 31.5 Å². The first-order chi connectivity index (χ1) is 21.6. The number of aryl methyl sites for hydroxylation is 1. The van der Waals surface area contributed by atoms with Gasteiger partial charge in [-0.2, -0.15) is 8.78 Å². The highest BCUT2D eigenvalue weighted by atomic mass is 19.3. The molecule has 11 nitrogen and oxygen atoms in total. The third-order valence-electron chi connectivity index (χ3n) is 7.24. The molecule has 0 aliphatic carbocycles. The number of benzene rings is 2. The van der Waals surface area contributed by atoms with E-state index in [-0.39, 0.29) is 42.3 Å². The number of H-pyrrole nitrogens is 1. The van der Waals surface area contributed by atoms with Gasteiger partial charge in [0.2, 0.25) is 11.8 Å². The van der Waals surface area contributed by atoms with Crippen molar-refractivity contribution >= 4 is 28.6 Å². The highest BCUT2D eigenvalue weighted by molar-refractivity contribution is 5.99. The maximum Gasteiger partial charge on any atom is 0.345 e. The summed E-state index contributed by atoms with van der Waals surface area (Å²) in [6.07, 6.45) is 2.04. The van der Waals surface area contributed by atoms with Gasteiger partial charge in [0, 0.05) is 42.0 Å². The number of carbonyl (C=O) groups excluding carboxylic acids is 3. The Morgan fingerprint density at radius 1 is 1.09 bits per heavy atom. The van der Waals surface area contributed by atoms with Crippen molar-refractivity contribution in [2.75, 3.05) is 20.2 Å². The lowest BCUT2D eigenvalue weighted by molar-refractivity contribution is -0.160. The number of nitrogens with one attached hydrogen (secondary N) is 3. The fourth-order valence-electron chi connectivity index (χ4n) is 5.09. The van der Waals surface area contributed by atoms with E-state index in [9.17, 15) is 27.6 Å². The molecular weight excluding hydrogens is 595 g/mol. The molecule has 0 radical (unpaired) electrons. The molecule has 3 heterocycles. The predicted octanol–water partition coefficient (Wildman–Crippen LogP) is 4.07. The van der Waals surface area contributed by atoms with Crippen molar-refractivity contribution in [1.29, 1.82) is 0 Å². The minimum atomic E-state index is -3.09. The average Bonchev–Trinajstić information content (AvgIpc) is 3.63. The van der Waals surface area contributed by atoms with Gasteiger partial charge < -0.3 is 34.7 Å². The lowest BCUT2D eigenvalue weighted by Crippen LogP contribution is -2.49. The Morgan fingerprint density at radius 3 is 2.62 bits per heavy atom. The molecule has 1 fully saturated rings. The topological polar surface area (TPSA) is 135 Å². The summed E-state index contributed by atoms with van der Waals surface area (Å²) in [5, 5.41) is 6.05. The van der Waals surface area contributed by atoms with E-state index in [2.05, 4.69) is 25.3 Å². The van der Waals surface area contributed by atoms with E-state index in [0.717, 1.165) is 15.8 Å². The first-order valence-corrected chi connectivity index (χ1v) is 13.9. The predicted molar refractivity (Wildman–Crippen MR) is 155 cm³/mol. The lowest BCUT2D eigenvalue weighted by Gasteiger charge is -2.24. The third-order valence-corrected chi connectivity index (χ3v) is 7.24. The molecule has 3 N–H and O–H groups in total. The van der Waals surface area contributed by atoms with Gasteiger partial charge in [-0.3, -0.25) is 19.4 Å². The number of carbonyl (C=O) groups is 3. The summed E-state index contributed by atoms with van der Waals surface area (Å²) in [6, 6.07) is 11.2. The van der Waals surface area contributed by atoms with Crippen LogP contribution in [0.5, 0.6) is 17.2 Å². The van der Waals surface area contributed by atoms with Crippen LogP contribution in [-0.4, -0.2) is 71.5 Å². The Balaban J connectivity index is 1.25. The van der Waals surface area contributed by atoms with Gasteiger partial charge in [0.15, 0.2) is 11.6 Å². The van der Waals surface area contributed by atoms with E-state index in [0.29, 0.717) is 11.3 Å². The number of ether oxygens (including phenoxy) is 3. The highest BCUT2D eigenvalue weighted by Crippen LogP contribution is 2.30. The molecule has 0 saturated carbocycles. The standard InChI is InChI=1S/C31H30F3N5O6/c1-17-3-5-27(23(32)9-17)44-20-4-6-26(43-2)22(11-20)29(41)37-15-28(40)39-16-21(45-31(33)34)12-25(39)30(42)36-14-19-10-18-13-35-8-7-24(18)38-19/h3-11,13,21,25,31,38H,12,14-16H2,1-2H3,(H,36,42)(H,37,41)/t21-,25+/m1/s1. The Bertz CT molecular complexity index is 1680. The molecule has 1 saturated heterocycles. The van der Waals surface area contributed by atoms with Gasteiger partial charge in [-0.25, -0.2) is 4.39 Å². The van der Waals surface area contributed by atoms with Crippen molar-refractivity contribution in [2.24, 2.45) is 0 Å². The molecule has 0 spiro atoms. The molecule has 2 atom stereocenters. The van der Waals surface area contributed by atoms with Gasteiger partial charge in [-0.1, -0.05) is 6.07 Å². The third kappa shape index (κ3) is 7.52. The summed E-state index contributed by atoms with van der Waals surface area (Å²) >= 11 is 0. The summed E-state index contributed by atoms with van der Waals surface area (Å²) < 4.78 is 55.8. The fourth-order valence-corrected chi connectivity index (χ4v) is 5.09. The zero-order chi connectivity index (χ0) is 32.1. The second kappa shape index (κ2) is 13.7. The number of amides is 3. The van der Waals surface area contributed by atoms with Crippen molar-refractivity contribution < 1.29 is 41.8 Å². The number of nitrogens with zero attached hydrogens (tertiary/aromatic N) is 2. The number of aromatic amines is 1. The summed E-state index contributed by atoms with van der Waals surface area (Å²) in [7, 11) is 1.35. The number of alkyl halides is 2. The number of pyridine rings is 1. The molecule has 1 aliphatic rings. The molecule has 0 bridgehead atoms. The number of hydrogen-bond acceptors (Lipinski definition) is 7. The van der Waals surface area contributed by atoms with Crippen LogP contribution in [-0.2, 0) is 20.9 Å². The molecule has 2 aromatic carbocycles. The number of halogens is 3. The van der Waals surface area contributed by atoms with Crippen molar-refractivity contribution in [2.45, 2.75) is 38.6 Å². The van der Waals surface area contributed by atoms with Gasteiger partial charge in [0.05, 0.1) is 31.9 Å². The van der Waals surface area contributed by atoms with E-state index in [4.69, 9.17) is 9.47 Å². The van der Waals surface area contributed by atoms with Crippen LogP contribution < -0.4 is 20.1 Å². The number of fused-ring (bicyclic) bond motifs is 1. The molecule has 4 aromatic rings. The summed E-state index contributed by atoms with van der Waals surface area (Å²) in [5.74, 6) is -2.30. The van der Waals surface area contributed by atoms with Gasteiger partial charge in [0.1, 0.15) is 17.5 Å². The van der Waals surface area contributed by atoms with Crippen LogP contribution in [0.25, 0.3) is 10.9 Å². The zero-order valence-electron chi connectivity index (χ0n) is 24.3. The second-order valence-corrected chi connectivity index (χ2v) is 10.4. The van der Waals surface area contributed by atoms with Crippen molar-refractivity contribution in [3.05, 3.63) is 83.6 Å². The van der Waals surface area contributed by atoms with Crippen LogP contribution in [0.3, 0.4) is 0 Å². The van der Waals surface area contributed by atoms with Crippen LogP contribution >= 0.6 is 0 Å². The van der Waals surface area contributed by atoms with Crippen molar-refractivity contribution in [3.8, 4) is 17.2 Å². The SMILES string of the molecule is COc1ccc(Oc2ccc(C)cc2F)cc1C(=O)NCC(=O)N1C[C@H](OC(F)F)C[C@H]1C(=O)NCc1cc2cnccc2[nH]1. The summed E-state index contributed by atoms with van der Waals surface area (Å²) in [6.45, 7) is -2.10. The van der Waals surface area contributed by atoms with Crippen LogP contribution in [0.2, 0.25) is 0 Å². The van der Waals surface area contributed by atoms with Gasteiger partial charge in [-0.05, 0) is 55.0 Å². The van der Waals surface area contributed by atoms with E-state index < -0.39 is 48.8 Å². The smallest absolute Gasteiger partial charge is 0.345 e. The number of methoxy groups -OCH3 is 1. The first-order valence-electron chi connectivity index (χ1n) is 13.9. The molecule has 3 amide bonds. The maximum atomic E-state index is 14.3. The Morgan fingerprint density at radius 2 is 1.89 bits per heavy atom. The molecule has 14 heteroatoms.